The van der Waals surface area contributed by atoms with E-state index in [-0.39, 0.29) is 17.5 Å². The minimum atomic E-state index is -0.349. The summed E-state index contributed by atoms with van der Waals surface area (Å²) in [6, 6.07) is 2.92. The van der Waals surface area contributed by atoms with Crippen molar-refractivity contribution in [1.29, 1.82) is 0 Å². The van der Waals surface area contributed by atoms with Crippen molar-refractivity contribution in [1.82, 2.24) is 19.8 Å². The second-order valence-corrected chi connectivity index (χ2v) is 5.80. The van der Waals surface area contributed by atoms with Crippen LogP contribution in [0.25, 0.3) is 0 Å². The Hall–Kier alpha value is -2.48. The van der Waals surface area contributed by atoms with Gasteiger partial charge in [-0.1, -0.05) is 5.16 Å². The summed E-state index contributed by atoms with van der Waals surface area (Å²) in [7, 11) is 1.64. The predicted molar refractivity (Wildman–Crippen MR) is 82.9 cm³/mol. The Bertz CT molecular complexity index is 795. The second-order valence-electron chi connectivity index (χ2n) is 5.80. The Morgan fingerprint density at radius 2 is 2.22 bits per heavy atom. The van der Waals surface area contributed by atoms with E-state index >= 15 is 0 Å². The van der Waals surface area contributed by atoms with E-state index in [4.69, 9.17) is 4.52 Å². The Kier molecular flexibility index (Phi) is 3.99. The minimum Gasteiger partial charge on any atom is -0.338 e. The standard InChI is InChI=1S/C15H19N5O3/c1-9-6-13(23-18-9)16-15(22)10(2)20-5-4-12-11(8-20)7-14(21)19(3)17-12/h6-7,10H,4-5,8H2,1-3H3,(H,16,22). The number of amides is 1. The van der Waals surface area contributed by atoms with Crippen LogP contribution in [0.1, 0.15) is 23.9 Å². The van der Waals surface area contributed by atoms with Gasteiger partial charge in [0.1, 0.15) is 0 Å². The molecule has 1 N–H and O–H groups in total. The molecule has 0 bridgehead atoms. The van der Waals surface area contributed by atoms with Crippen LogP contribution in [0.15, 0.2) is 21.5 Å². The molecule has 8 nitrogen and oxygen atoms in total. The third-order valence-corrected chi connectivity index (χ3v) is 4.07. The number of aryl methyl sites for hydroxylation is 2. The monoisotopic (exact) mass is 317 g/mol. The van der Waals surface area contributed by atoms with E-state index in [1.807, 2.05) is 11.8 Å². The molecule has 1 aliphatic heterocycles. The summed E-state index contributed by atoms with van der Waals surface area (Å²) in [5.74, 6) is 0.175. The molecule has 1 aliphatic rings. The average molecular weight is 317 g/mol. The maximum atomic E-state index is 12.3. The predicted octanol–water partition coefficient (Wildman–Crippen LogP) is 0.462. The number of fused-ring (bicyclic) bond motifs is 1. The lowest BCUT2D eigenvalue weighted by molar-refractivity contribution is -0.121. The van der Waals surface area contributed by atoms with Crippen LogP contribution >= 0.6 is 0 Å². The normalized spacial score (nSPS) is 16.0. The van der Waals surface area contributed by atoms with E-state index in [9.17, 15) is 9.59 Å². The van der Waals surface area contributed by atoms with Gasteiger partial charge in [-0.25, -0.2) is 4.68 Å². The van der Waals surface area contributed by atoms with Gasteiger partial charge in [-0.2, -0.15) is 5.10 Å². The molecule has 3 heterocycles. The van der Waals surface area contributed by atoms with E-state index < -0.39 is 0 Å². The molecule has 1 amide bonds. The van der Waals surface area contributed by atoms with Gasteiger partial charge in [0.25, 0.3) is 5.56 Å². The fraction of sp³-hybridized carbons (Fsp3) is 0.467. The largest absolute Gasteiger partial charge is 0.338 e. The molecule has 0 spiro atoms. The first-order chi connectivity index (χ1) is 10.9. The Morgan fingerprint density at radius 3 is 2.91 bits per heavy atom. The van der Waals surface area contributed by atoms with E-state index in [0.717, 1.165) is 11.3 Å². The van der Waals surface area contributed by atoms with Crippen molar-refractivity contribution < 1.29 is 9.32 Å². The number of nitrogens with one attached hydrogen (secondary N) is 1. The third-order valence-electron chi connectivity index (χ3n) is 4.07. The summed E-state index contributed by atoms with van der Waals surface area (Å²) in [6.07, 6.45) is 0.711. The summed E-state index contributed by atoms with van der Waals surface area (Å²) < 4.78 is 6.35. The van der Waals surface area contributed by atoms with Crippen molar-refractivity contribution in [3.63, 3.8) is 0 Å². The lowest BCUT2D eigenvalue weighted by Gasteiger charge is -2.32. The third kappa shape index (κ3) is 3.16. The number of hydrogen-bond donors (Lipinski definition) is 1. The Labute approximate surface area is 133 Å². The van der Waals surface area contributed by atoms with Crippen LogP contribution in [0.2, 0.25) is 0 Å². The van der Waals surface area contributed by atoms with Gasteiger partial charge in [0.2, 0.25) is 11.8 Å². The van der Waals surface area contributed by atoms with Gasteiger partial charge in [0, 0.05) is 38.7 Å². The SMILES string of the molecule is Cc1cc(NC(=O)C(C)N2CCc3nn(C)c(=O)cc3C2)on1. The van der Waals surface area contributed by atoms with Crippen molar-refractivity contribution in [2.45, 2.75) is 32.9 Å². The molecule has 1 atom stereocenters. The van der Waals surface area contributed by atoms with E-state index in [1.165, 1.54) is 4.68 Å². The molecule has 0 radical (unpaired) electrons. The van der Waals surface area contributed by atoms with Gasteiger partial charge in [-0.3, -0.25) is 19.8 Å². The van der Waals surface area contributed by atoms with Gasteiger partial charge < -0.3 is 4.52 Å². The smallest absolute Gasteiger partial charge is 0.266 e. The van der Waals surface area contributed by atoms with Crippen molar-refractivity contribution in [3.8, 4) is 0 Å². The van der Waals surface area contributed by atoms with Gasteiger partial charge in [0.15, 0.2) is 0 Å². The number of carbonyl (C=O) groups is 1. The van der Waals surface area contributed by atoms with Crippen LogP contribution in [0.5, 0.6) is 0 Å². The van der Waals surface area contributed by atoms with Crippen LogP contribution in [0.4, 0.5) is 5.88 Å². The molecule has 0 aromatic carbocycles. The van der Waals surface area contributed by atoms with Crippen LogP contribution in [0.3, 0.4) is 0 Å². The zero-order valence-electron chi connectivity index (χ0n) is 13.4. The quantitative estimate of drug-likeness (QED) is 0.884. The lowest BCUT2D eigenvalue weighted by atomic mass is 10.0. The highest BCUT2D eigenvalue weighted by molar-refractivity contribution is 5.93. The number of rotatable bonds is 3. The molecule has 3 rings (SSSR count). The maximum absolute atomic E-state index is 12.3. The molecular weight excluding hydrogens is 298 g/mol. The number of carbonyl (C=O) groups excluding carboxylic acids is 1. The molecule has 0 saturated carbocycles. The average Bonchev–Trinajstić information content (AvgIpc) is 2.92. The van der Waals surface area contributed by atoms with E-state index in [1.54, 1.807) is 26.1 Å². The van der Waals surface area contributed by atoms with Gasteiger partial charge in [0.05, 0.1) is 17.4 Å². The summed E-state index contributed by atoms with van der Waals surface area (Å²) >= 11 is 0. The molecule has 23 heavy (non-hydrogen) atoms. The Balaban J connectivity index is 1.71. The molecule has 2 aromatic heterocycles. The summed E-state index contributed by atoms with van der Waals surface area (Å²) in [4.78, 5) is 26.1. The first-order valence-electron chi connectivity index (χ1n) is 7.48. The van der Waals surface area contributed by atoms with Crippen molar-refractivity contribution in [2.75, 3.05) is 11.9 Å². The highest BCUT2D eigenvalue weighted by Gasteiger charge is 2.27. The lowest BCUT2D eigenvalue weighted by Crippen LogP contribution is -2.45. The summed E-state index contributed by atoms with van der Waals surface area (Å²) in [5, 5.41) is 10.7. The number of anilines is 1. The molecule has 0 saturated heterocycles. The molecule has 1 unspecified atom stereocenters. The molecule has 2 aromatic rings. The first-order valence-corrected chi connectivity index (χ1v) is 7.48. The fourth-order valence-corrected chi connectivity index (χ4v) is 2.66. The zero-order chi connectivity index (χ0) is 16.6. The van der Waals surface area contributed by atoms with Crippen molar-refractivity contribution in [3.05, 3.63) is 39.4 Å². The zero-order valence-corrected chi connectivity index (χ0v) is 13.4. The van der Waals surface area contributed by atoms with Gasteiger partial charge in [-0.05, 0) is 19.4 Å². The van der Waals surface area contributed by atoms with Crippen LogP contribution in [0, 0.1) is 6.92 Å². The number of aromatic nitrogens is 3. The Morgan fingerprint density at radius 1 is 1.43 bits per heavy atom. The number of nitrogens with zero attached hydrogens (tertiary/aromatic N) is 4. The maximum Gasteiger partial charge on any atom is 0.266 e. The van der Waals surface area contributed by atoms with E-state index in [0.29, 0.717) is 31.1 Å². The highest BCUT2D eigenvalue weighted by atomic mass is 16.5. The van der Waals surface area contributed by atoms with Crippen LogP contribution < -0.4 is 10.9 Å². The van der Waals surface area contributed by atoms with E-state index in [2.05, 4.69) is 15.6 Å². The van der Waals surface area contributed by atoms with Crippen LogP contribution in [-0.4, -0.2) is 38.3 Å². The highest BCUT2D eigenvalue weighted by Crippen LogP contribution is 2.18. The first kappa shape index (κ1) is 15.4. The van der Waals surface area contributed by atoms with Crippen LogP contribution in [-0.2, 0) is 24.8 Å². The van der Waals surface area contributed by atoms with Crippen molar-refractivity contribution in [2.24, 2.45) is 7.05 Å². The minimum absolute atomic E-state index is 0.139. The summed E-state index contributed by atoms with van der Waals surface area (Å²) in [6.45, 7) is 4.86. The van der Waals surface area contributed by atoms with Crippen molar-refractivity contribution >= 4 is 11.8 Å². The fourth-order valence-electron chi connectivity index (χ4n) is 2.66. The second kappa shape index (κ2) is 5.96. The topological polar surface area (TPSA) is 93.3 Å². The molecule has 0 aliphatic carbocycles. The van der Waals surface area contributed by atoms with Gasteiger partial charge >= 0.3 is 0 Å². The summed E-state index contributed by atoms with van der Waals surface area (Å²) in [5.41, 5.74) is 2.37. The molecule has 0 fully saturated rings. The molecule has 8 heteroatoms. The van der Waals surface area contributed by atoms with Gasteiger partial charge in [-0.15, -0.1) is 0 Å². The number of hydrogen-bond acceptors (Lipinski definition) is 6. The molecule has 122 valence electrons. The molecular formula is C15H19N5O3.